The molecule has 24 nitrogen and oxygen atoms in total. The van der Waals surface area contributed by atoms with Crippen LogP contribution in [0.4, 0.5) is 0 Å². The first-order valence-electron chi connectivity index (χ1n) is 34.5. The van der Waals surface area contributed by atoms with Gasteiger partial charge < -0.3 is 115 Å². The van der Waals surface area contributed by atoms with Gasteiger partial charge in [-0.1, -0.05) is 53.4 Å². The van der Waals surface area contributed by atoms with Crippen molar-refractivity contribution in [3.05, 3.63) is 0 Å². The van der Waals surface area contributed by atoms with Crippen molar-refractivity contribution in [3.8, 4) is 0 Å². The fourth-order valence-electron chi connectivity index (χ4n) is 7.60. The minimum Gasteiger partial charge on any atom is -0.825 e. The summed E-state index contributed by atoms with van der Waals surface area (Å²) in [4.78, 5) is 0. The molecule has 0 spiro atoms. The quantitative estimate of drug-likeness (QED) is 0.0311. The van der Waals surface area contributed by atoms with E-state index in [4.69, 9.17) is 94.7 Å². The van der Waals surface area contributed by atoms with E-state index in [2.05, 4.69) is 27.7 Å². The molecule has 93 heavy (non-hydrogen) atoms. The molecule has 25 heteroatoms. The Labute approximate surface area is 581 Å². The molecule has 0 bridgehead atoms. The molecule has 0 saturated carbocycles. The van der Waals surface area contributed by atoms with Gasteiger partial charge in [0.15, 0.2) is 0 Å². The molecule has 0 fully saturated rings. The van der Waals surface area contributed by atoms with Crippen molar-refractivity contribution in [2.45, 2.75) is 368 Å². The predicted molar refractivity (Wildman–Crippen MR) is 347 cm³/mol. The van der Waals surface area contributed by atoms with Crippen LogP contribution in [0, 0.1) is 0 Å². The molecule has 560 valence electrons. The normalized spacial score (nSPS) is 14.1. The maximum absolute atomic E-state index is 12.6. The number of ether oxygens (including phenoxy) is 20. The minimum absolute atomic E-state index is 0. The molecule has 0 aliphatic rings. The van der Waals surface area contributed by atoms with Crippen LogP contribution in [0.1, 0.15) is 245 Å². The van der Waals surface area contributed by atoms with E-state index in [1.807, 2.05) is 166 Å². The van der Waals surface area contributed by atoms with E-state index in [9.17, 15) is 20.4 Å². The van der Waals surface area contributed by atoms with Gasteiger partial charge in [-0.2, -0.15) is 0 Å². The van der Waals surface area contributed by atoms with Gasteiger partial charge in [0, 0.05) is 26.4 Å². The Balaban J connectivity index is -0.000000369. The number of rotatable bonds is 56. The average Bonchev–Trinajstić information content (AvgIpc) is 0.892. The zero-order chi connectivity index (χ0) is 71.5. The van der Waals surface area contributed by atoms with E-state index >= 15 is 0 Å². The first kappa shape index (κ1) is 101. The molecular formula is C68H140O24Ti. The second kappa shape index (κ2) is 60.5. The Hall–Kier alpha value is -0.246. The van der Waals surface area contributed by atoms with Crippen molar-refractivity contribution in [2.75, 3.05) is 79.3 Å². The van der Waals surface area contributed by atoms with Crippen LogP contribution in [0.3, 0.4) is 0 Å². The van der Waals surface area contributed by atoms with Crippen LogP contribution in [0.2, 0.25) is 0 Å². The third-order valence-electron chi connectivity index (χ3n) is 10.5. The molecule has 4 unspecified atom stereocenters. The molecular weight excluding hydrogens is 1250 g/mol. The summed E-state index contributed by atoms with van der Waals surface area (Å²) in [7, 11) is 0. The van der Waals surface area contributed by atoms with Gasteiger partial charge in [-0.25, -0.2) is 0 Å². The smallest absolute Gasteiger partial charge is 0.825 e. The molecule has 0 amide bonds. The first-order valence-corrected chi connectivity index (χ1v) is 34.5. The number of hydrogen-bond acceptors (Lipinski definition) is 24. The van der Waals surface area contributed by atoms with Gasteiger partial charge >= 0.3 is 21.7 Å². The molecule has 0 saturated heterocycles. The van der Waals surface area contributed by atoms with Gasteiger partial charge in [0.2, 0.25) is 0 Å². The zero-order valence-electron chi connectivity index (χ0n) is 63.7. The summed E-state index contributed by atoms with van der Waals surface area (Å²) < 4.78 is 111. The SMILES string of the molecule is CCCCOCCOC([O-])C(OC(C)C)(OC(C)C)OC(C)C.CCCCOCCOC([O-])C(OC(C)C)(OC(C)C)OC(C)C.CCCCOCCOC([O-])C(OC(C)C)(OC(C)C)OC(C)C.CCCCOCCOC([O-])C(OC(C)C)(OC(C)C)OC(C)C.[Ti+4]. The Bertz CT molecular complexity index is 1250. The fraction of sp³-hybridized carbons (Fsp3) is 1.00. The molecule has 0 heterocycles. The van der Waals surface area contributed by atoms with E-state index in [1.54, 1.807) is 0 Å². The predicted octanol–water partition coefficient (Wildman–Crippen LogP) is 9.74. The second-order valence-electron chi connectivity index (χ2n) is 25.1. The van der Waals surface area contributed by atoms with Gasteiger partial charge in [0.25, 0.3) is 23.9 Å². The van der Waals surface area contributed by atoms with Crippen LogP contribution >= 0.6 is 0 Å². The summed E-state index contributed by atoms with van der Waals surface area (Å²) in [6.07, 6.45) is -1.13. The van der Waals surface area contributed by atoms with Gasteiger partial charge in [-0.15, -0.1) is 0 Å². The number of hydrogen-bond donors (Lipinski definition) is 0. The van der Waals surface area contributed by atoms with E-state index in [0.717, 1.165) is 51.4 Å². The maximum Gasteiger partial charge on any atom is 4.00 e. The summed E-state index contributed by atoms with van der Waals surface area (Å²) in [5, 5.41) is 50.4. The largest absolute Gasteiger partial charge is 4.00 e. The van der Waals surface area contributed by atoms with Crippen molar-refractivity contribution in [2.24, 2.45) is 0 Å². The Morgan fingerprint density at radius 1 is 0.204 bits per heavy atom. The Kier molecular flexibility index (Phi) is 66.0. The average molecular weight is 1390 g/mol. The van der Waals surface area contributed by atoms with Crippen molar-refractivity contribution < 1.29 is 137 Å². The summed E-state index contributed by atoms with van der Waals surface area (Å²) in [5.41, 5.74) is 0. The van der Waals surface area contributed by atoms with Crippen LogP contribution in [-0.2, 0) is 116 Å². The van der Waals surface area contributed by atoms with E-state index in [1.165, 1.54) is 0 Å². The van der Waals surface area contributed by atoms with E-state index in [-0.39, 0.29) is 121 Å². The number of unbranched alkanes of at least 4 members (excludes halogenated alkanes) is 4. The third-order valence-corrected chi connectivity index (χ3v) is 10.5. The van der Waals surface area contributed by atoms with Crippen molar-refractivity contribution >= 4 is 0 Å². The van der Waals surface area contributed by atoms with Crippen LogP contribution in [0.25, 0.3) is 0 Å². The summed E-state index contributed by atoms with van der Waals surface area (Å²) >= 11 is 0. The van der Waals surface area contributed by atoms with Gasteiger partial charge in [0.05, 0.1) is 151 Å². The van der Waals surface area contributed by atoms with E-state index in [0.29, 0.717) is 52.9 Å². The monoisotopic (exact) mass is 1390 g/mol. The topological polar surface area (TPSA) is 277 Å². The molecule has 4 atom stereocenters. The molecule has 0 N–H and O–H groups in total. The van der Waals surface area contributed by atoms with Gasteiger partial charge in [0.1, 0.15) is 0 Å². The molecule has 0 aliphatic carbocycles. The van der Waals surface area contributed by atoms with Crippen LogP contribution in [0.5, 0.6) is 0 Å². The fourth-order valence-corrected chi connectivity index (χ4v) is 7.60. The minimum atomic E-state index is -1.76. The molecule has 0 aromatic rings. The summed E-state index contributed by atoms with van der Waals surface area (Å²) in [6.45, 7) is 56.9. The van der Waals surface area contributed by atoms with Crippen LogP contribution in [-0.4, -0.2) is 202 Å². The molecule has 0 radical (unpaired) electrons. The van der Waals surface area contributed by atoms with Crippen molar-refractivity contribution in [1.82, 2.24) is 0 Å². The summed E-state index contributed by atoms with van der Waals surface area (Å²) in [5.74, 6) is -7.06. The van der Waals surface area contributed by atoms with Gasteiger partial charge in [-0.05, 0) is 192 Å². The molecule has 0 aromatic heterocycles. The Morgan fingerprint density at radius 3 is 0.419 bits per heavy atom. The Morgan fingerprint density at radius 2 is 0.323 bits per heavy atom. The zero-order valence-corrected chi connectivity index (χ0v) is 65.2. The third kappa shape index (κ3) is 55.2. The second-order valence-corrected chi connectivity index (χ2v) is 25.1. The maximum atomic E-state index is 12.6. The molecule has 0 aliphatic heterocycles. The van der Waals surface area contributed by atoms with E-state index < -0.39 is 49.1 Å². The molecule has 0 aromatic carbocycles. The van der Waals surface area contributed by atoms with Crippen molar-refractivity contribution in [3.63, 3.8) is 0 Å². The molecule has 0 rings (SSSR count). The first-order chi connectivity index (χ1) is 42.9. The van der Waals surface area contributed by atoms with Gasteiger partial charge in [-0.3, -0.25) is 0 Å². The van der Waals surface area contributed by atoms with Crippen LogP contribution < -0.4 is 20.4 Å². The van der Waals surface area contributed by atoms with Crippen molar-refractivity contribution in [1.29, 1.82) is 0 Å². The summed E-state index contributed by atoms with van der Waals surface area (Å²) in [6, 6.07) is 0. The standard InChI is InChI=1S/4C17H35O6.Ti/c4*1-8-9-10-19-11-12-20-16(18)17(21-13(2)3,22-14(4)5)23-15(6)7;/h4*13-16H,8-12H2,1-7H3;/q4*-1;+4. The van der Waals surface area contributed by atoms with Crippen LogP contribution in [0.15, 0.2) is 0 Å².